The number of amides is 1. The van der Waals surface area contributed by atoms with Crippen molar-refractivity contribution in [3.63, 3.8) is 0 Å². The highest BCUT2D eigenvalue weighted by molar-refractivity contribution is 5.75. The predicted octanol–water partition coefficient (Wildman–Crippen LogP) is 1.03. The lowest BCUT2D eigenvalue weighted by molar-refractivity contribution is -0.118. The molecule has 2 bridgehead atoms. The molecule has 162 valence electrons. The van der Waals surface area contributed by atoms with Crippen LogP contribution in [0.4, 0.5) is 0 Å². The highest BCUT2D eigenvalue weighted by Crippen LogP contribution is 2.35. The van der Waals surface area contributed by atoms with E-state index in [-0.39, 0.29) is 18.0 Å². The number of likely N-dealkylation sites (tertiary alicyclic amines) is 1. The predicted molar refractivity (Wildman–Crippen MR) is 118 cm³/mol. The molecule has 8 heteroatoms. The maximum absolute atomic E-state index is 13.1. The van der Waals surface area contributed by atoms with Crippen LogP contribution in [-0.2, 0) is 24.4 Å². The number of fused-ring (bicyclic) bond motifs is 5. The molecule has 2 aliphatic rings. The summed E-state index contributed by atoms with van der Waals surface area (Å²) >= 11 is 0. The molecule has 3 aromatic heterocycles. The molecule has 8 nitrogen and oxygen atoms in total. The van der Waals surface area contributed by atoms with Crippen molar-refractivity contribution in [3.05, 3.63) is 70.2 Å². The van der Waals surface area contributed by atoms with Crippen LogP contribution < -0.4 is 11.3 Å². The van der Waals surface area contributed by atoms with Crippen molar-refractivity contribution in [2.45, 2.75) is 32.0 Å². The molecule has 1 saturated heterocycles. The maximum atomic E-state index is 13.1. The molecule has 31 heavy (non-hydrogen) atoms. The molecular weight excluding hydrogens is 392 g/mol. The van der Waals surface area contributed by atoms with Gasteiger partial charge in [0.2, 0.25) is 5.91 Å². The summed E-state index contributed by atoms with van der Waals surface area (Å²) in [6.45, 7) is 4.02. The zero-order valence-electron chi connectivity index (χ0n) is 17.8. The molecule has 2 N–H and O–H groups in total. The van der Waals surface area contributed by atoms with Crippen LogP contribution in [0.25, 0.3) is 5.52 Å². The number of rotatable bonds is 6. The van der Waals surface area contributed by atoms with Gasteiger partial charge in [-0.2, -0.15) is 0 Å². The topological polar surface area (TPSA) is 88.9 Å². The van der Waals surface area contributed by atoms with E-state index in [1.54, 1.807) is 11.9 Å². The average Bonchev–Trinajstić information content (AvgIpc) is 3.13. The average molecular weight is 421 g/mol. The van der Waals surface area contributed by atoms with Crippen LogP contribution in [0.5, 0.6) is 0 Å². The molecule has 0 radical (unpaired) electrons. The largest absolute Gasteiger partial charge is 0.369 e. The van der Waals surface area contributed by atoms with Crippen molar-refractivity contribution in [3.8, 4) is 0 Å². The van der Waals surface area contributed by atoms with Gasteiger partial charge in [0.15, 0.2) is 0 Å². The third kappa shape index (κ3) is 3.88. The molecule has 3 aromatic rings. The van der Waals surface area contributed by atoms with E-state index in [1.807, 2.05) is 29.0 Å². The van der Waals surface area contributed by atoms with E-state index in [4.69, 9.17) is 5.73 Å². The Morgan fingerprint density at radius 3 is 2.94 bits per heavy atom. The number of hydrogen-bond acceptors (Lipinski definition) is 5. The van der Waals surface area contributed by atoms with Gasteiger partial charge in [0.05, 0.1) is 24.8 Å². The van der Waals surface area contributed by atoms with Crippen LogP contribution in [0.3, 0.4) is 0 Å². The van der Waals surface area contributed by atoms with Crippen molar-refractivity contribution < 1.29 is 4.79 Å². The van der Waals surface area contributed by atoms with Crippen LogP contribution in [-0.4, -0.2) is 56.3 Å². The monoisotopic (exact) mass is 420 g/mol. The Kier molecular flexibility index (Phi) is 5.11. The summed E-state index contributed by atoms with van der Waals surface area (Å²) in [6, 6.07) is 10.2. The van der Waals surface area contributed by atoms with Gasteiger partial charge in [0.1, 0.15) is 5.82 Å². The van der Waals surface area contributed by atoms with Crippen molar-refractivity contribution in [2.24, 2.45) is 11.7 Å². The smallest absolute Gasteiger partial charge is 0.255 e. The van der Waals surface area contributed by atoms with Gasteiger partial charge in [-0.25, -0.2) is 4.98 Å². The second-order valence-electron chi connectivity index (χ2n) is 9.00. The molecule has 1 fully saturated rings. The van der Waals surface area contributed by atoms with E-state index < -0.39 is 0 Å². The van der Waals surface area contributed by atoms with Crippen LogP contribution in [0.1, 0.15) is 29.4 Å². The first-order chi connectivity index (χ1) is 15.0. The van der Waals surface area contributed by atoms with Crippen molar-refractivity contribution in [2.75, 3.05) is 26.7 Å². The van der Waals surface area contributed by atoms with E-state index in [0.29, 0.717) is 23.9 Å². The molecule has 5 heterocycles. The fourth-order valence-corrected chi connectivity index (χ4v) is 5.27. The van der Waals surface area contributed by atoms with E-state index in [9.17, 15) is 9.59 Å². The normalized spacial score (nSPS) is 20.8. The first kappa shape index (κ1) is 20.0. The summed E-state index contributed by atoms with van der Waals surface area (Å²) in [5.41, 5.74) is 8.29. The molecule has 0 unspecified atom stereocenters. The lowest BCUT2D eigenvalue weighted by Gasteiger charge is -2.42. The lowest BCUT2D eigenvalue weighted by atomic mass is 9.83. The SMILES string of the molecule is CN(CC(N)=O)Cc1ccc2n(c1=O)C[C@H]1C[C@@H]2CN(Cc2ncc3ccccn23)C1. The Bertz CT molecular complexity index is 1180. The van der Waals surface area contributed by atoms with Gasteiger partial charge in [0, 0.05) is 49.6 Å². The molecule has 2 atom stereocenters. The van der Waals surface area contributed by atoms with Gasteiger partial charge in [-0.3, -0.25) is 19.4 Å². The summed E-state index contributed by atoms with van der Waals surface area (Å²) in [4.78, 5) is 33.2. The molecule has 5 rings (SSSR count). The molecule has 0 spiro atoms. The van der Waals surface area contributed by atoms with Crippen molar-refractivity contribution >= 4 is 11.4 Å². The number of pyridine rings is 2. The molecule has 0 aliphatic carbocycles. The molecule has 2 aliphatic heterocycles. The number of imidazole rings is 1. The quantitative estimate of drug-likeness (QED) is 0.644. The Hall–Kier alpha value is -2.97. The standard InChI is InChI=1S/C23H28N6O2/c1-26(14-21(24)30)12-17-5-6-20-18-8-16(11-29(20)23(17)31)10-27(13-18)15-22-25-9-19-4-2-3-7-28(19)22/h2-7,9,16,18H,8,10-15H2,1H3,(H2,24,30)/t16-,18+/m0/s1. The van der Waals surface area contributed by atoms with Crippen LogP contribution in [0.2, 0.25) is 0 Å². The maximum Gasteiger partial charge on any atom is 0.255 e. The van der Waals surface area contributed by atoms with Gasteiger partial charge in [-0.15, -0.1) is 0 Å². The minimum atomic E-state index is -0.388. The third-order valence-corrected chi connectivity index (χ3v) is 6.51. The number of piperidine rings is 1. The van der Waals surface area contributed by atoms with Crippen molar-refractivity contribution in [1.29, 1.82) is 0 Å². The van der Waals surface area contributed by atoms with Crippen LogP contribution in [0.15, 0.2) is 47.5 Å². The number of nitrogens with zero attached hydrogens (tertiary/aromatic N) is 5. The summed E-state index contributed by atoms with van der Waals surface area (Å²) in [5.74, 6) is 1.47. The first-order valence-corrected chi connectivity index (χ1v) is 10.8. The minimum Gasteiger partial charge on any atom is -0.369 e. The number of primary amides is 1. The summed E-state index contributed by atoms with van der Waals surface area (Å²) in [6.07, 6.45) is 5.11. The third-order valence-electron chi connectivity index (χ3n) is 6.51. The number of hydrogen-bond donors (Lipinski definition) is 1. The second kappa shape index (κ2) is 7.94. The lowest BCUT2D eigenvalue weighted by Crippen LogP contribution is -2.47. The highest BCUT2D eigenvalue weighted by Gasteiger charge is 2.35. The number of carbonyl (C=O) groups is 1. The van der Waals surface area contributed by atoms with E-state index in [2.05, 4.69) is 32.6 Å². The zero-order valence-corrected chi connectivity index (χ0v) is 17.8. The van der Waals surface area contributed by atoms with Crippen molar-refractivity contribution in [1.82, 2.24) is 23.8 Å². The fourth-order valence-electron chi connectivity index (χ4n) is 5.27. The Balaban J connectivity index is 1.35. The Labute approximate surface area is 180 Å². The summed E-state index contributed by atoms with van der Waals surface area (Å²) < 4.78 is 4.12. The Morgan fingerprint density at radius 2 is 2.10 bits per heavy atom. The fraction of sp³-hybridized carbons (Fsp3) is 0.435. The van der Waals surface area contributed by atoms with Gasteiger partial charge >= 0.3 is 0 Å². The van der Waals surface area contributed by atoms with E-state index in [1.165, 1.54) is 0 Å². The molecular formula is C23H28N6O2. The van der Waals surface area contributed by atoms with Crippen LogP contribution >= 0.6 is 0 Å². The molecule has 0 saturated carbocycles. The molecule has 0 aromatic carbocycles. The summed E-state index contributed by atoms with van der Waals surface area (Å²) in [7, 11) is 1.81. The Morgan fingerprint density at radius 1 is 1.23 bits per heavy atom. The number of aromatic nitrogens is 3. The van der Waals surface area contributed by atoms with Crippen LogP contribution in [0, 0.1) is 5.92 Å². The number of likely N-dealkylation sites (N-methyl/N-ethyl adjacent to an activating group) is 1. The minimum absolute atomic E-state index is 0.0659. The zero-order chi connectivity index (χ0) is 21.5. The second-order valence-corrected chi connectivity index (χ2v) is 9.00. The number of carbonyl (C=O) groups excluding carboxylic acids is 1. The van der Waals surface area contributed by atoms with Gasteiger partial charge in [-0.05, 0) is 37.6 Å². The first-order valence-electron chi connectivity index (χ1n) is 10.8. The highest BCUT2D eigenvalue weighted by atomic mass is 16.1. The van der Waals surface area contributed by atoms with E-state index in [0.717, 1.165) is 49.6 Å². The number of nitrogens with two attached hydrogens (primary N) is 1. The summed E-state index contributed by atoms with van der Waals surface area (Å²) in [5, 5.41) is 0. The van der Waals surface area contributed by atoms with E-state index >= 15 is 0 Å². The van der Waals surface area contributed by atoms with Gasteiger partial charge in [0.25, 0.3) is 5.56 Å². The van der Waals surface area contributed by atoms with Gasteiger partial charge < -0.3 is 14.7 Å². The molecule has 1 amide bonds. The van der Waals surface area contributed by atoms with Gasteiger partial charge in [-0.1, -0.05) is 12.1 Å².